The Kier molecular flexibility index (Phi) is 4.64. The topological polar surface area (TPSA) is 44.8 Å². The van der Waals surface area contributed by atoms with Gasteiger partial charge in [-0.05, 0) is 18.6 Å². The van der Waals surface area contributed by atoms with Gasteiger partial charge in [-0.25, -0.2) is 4.79 Å². The molecule has 0 saturated heterocycles. The summed E-state index contributed by atoms with van der Waals surface area (Å²) in [5, 5.41) is 0. The monoisotopic (exact) mass is 224 g/mol. The van der Waals surface area contributed by atoms with Crippen molar-refractivity contribution in [1.29, 1.82) is 0 Å². The van der Waals surface area contributed by atoms with Crippen LogP contribution in [0.5, 0.6) is 11.5 Å². The van der Waals surface area contributed by atoms with Gasteiger partial charge in [0.2, 0.25) is 0 Å². The lowest BCUT2D eigenvalue weighted by molar-refractivity contribution is 0.0597. The van der Waals surface area contributed by atoms with E-state index in [2.05, 4.69) is 4.74 Å². The molecule has 0 aliphatic carbocycles. The molecule has 1 aromatic rings. The summed E-state index contributed by atoms with van der Waals surface area (Å²) in [6, 6.07) is 5.04. The summed E-state index contributed by atoms with van der Waals surface area (Å²) < 4.78 is 15.2. The van der Waals surface area contributed by atoms with Gasteiger partial charge < -0.3 is 14.2 Å². The predicted octanol–water partition coefficient (Wildman–Crippen LogP) is 2.27. The van der Waals surface area contributed by atoms with E-state index in [0.29, 0.717) is 23.7 Å². The number of rotatable bonds is 5. The Labute approximate surface area is 95.1 Å². The molecule has 0 atom stereocenters. The van der Waals surface area contributed by atoms with E-state index in [1.807, 2.05) is 6.92 Å². The Morgan fingerprint density at radius 2 is 2.06 bits per heavy atom. The van der Waals surface area contributed by atoms with Gasteiger partial charge in [-0.1, -0.05) is 6.92 Å². The molecule has 1 rings (SSSR count). The van der Waals surface area contributed by atoms with E-state index >= 15 is 0 Å². The van der Waals surface area contributed by atoms with Crippen LogP contribution in [0.1, 0.15) is 23.7 Å². The smallest absolute Gasteiger partial charge is 0.341 e. The second kappa shape index (κ2) is 6.00. The molecule has 4 nitrogen and oxygen atoms in total. The van der Waals surface area contributed by atoms with E-state index in [9.17, 15) is 4.79 Å². The molecule has 0 unspecified atom stereocenters. The molecule has 0 bridgehead atoms. The van der Waals surface area contributed by atoms with Crippen LogP contribution in [0, 0.1) is 0 Å². The molecule has 1 aromatic carbocycles. The Balaban J connectivity index is 2.92. The molecule has 0 aromatic heterocycles. The van der Waals surface area contributed by atoms with E-state index in [1.165, 1.54) is 14.2 Å². The molecule has 0 heterocycles. The van der Waals surface area contributed by atoms with Crippen LogP contribution in [0.3, 0.4) is 0 Å². The zero-order chi connectivity index (χ0) is 12.0. The predicted molar refractivity (Wildman–Crippen MR) is 60.1 cm³/mol. The largest absolute Gasteiger partial charge is 0.496 e. The van der Waals surface area contributed by atoms with Gasteiger partial charge >= 0.3 is 5.97 Å². The highest BCUT2D eigenvalue weighted by atomic mass is 16.5. The lowest BCUT2D eigenvalue weighted by Gasteiger charge is -2.09. The highest BCUT2D eigenvalue weighted by Crippen LogP contribution is 2.25. The van der Waals surface area contributed by atoms with E-state index in [4.69, 9.17) is 9.47 Å². The van der Waals surface area contributed by atoms with Crippen molar-refractivity contribution in [3.05, 3.63) is 23.8 Å². The summed E-state index contributed by atoms with van der Waals surface area (Å²) >= 11 is 0. The fraction of sp³-hybridized carbons (Fsp3) is 0.417. The van der Waals surface area contributed by atoms with Gasteiger partial charge in [0.25, 0.3) is 0 Å². The van der Waals surface area contributed by atoms with E-state index in [-0.39, 0.29) is 0 Å². The van der Waals surface area contributed by atoms with Crippen molar-refractivity contribution in [3.8, 4) is 11.5 Å². The molecule has 0 fully saturated rings. The van der Waals surface area contributed by atoms with Gasteiger partial charge in [0.1, 0.15) is 17.1 Å². The molecule has 0 N–H and O–H groups in total. The molecule has 0 spiro atoms. The van der Waals surface area contributed by atoms with Crippen molar-refractivity contribution in [2.24, 2.45) is 0 Å². The Morgan fingerprint density at radius 1 is 1.31 bits per heavy atom. The number of carbonyl (C=O) groups is 1. The first-order chi connectivity index (χ1) is 7.72. The molecule has 88 valence electrons. The van der Waals surface area contributed by atoms with Crippen LogP contribution in [0.15, 0.2) is 18.2 Å². The van der Waals surface area contributed by atoms with E-state index in [0.717, 1.165) is 6.42 Å². The van der Waals surface area contributed by atoms with Crippen LogP contribution in [0.25, 0.3) is 0 Å². The Hall–Kier alpha value is -1.71. The summed E-state index contributed by atoms with van der Waals surface area (Å²) in [6.45, 7) is 2.67. The average Bonchev–Trinajstić information content (AvgIpc) is 2.34. The lowest BCUT2D eigenvalue weighted by Crippen LogP contribution is -2.04. The number of hydrogen-bond donors (Lipinski definition) is 0. The van der Waals surface area contributed by atoms with Crippen LogP contribution in [-0.2, 0) is 4.74 Å². The standard InChI is InChI=1S/C12H16O4/c1-4-7-16-9-5-6-10(12(13)15-3)11(8-9)14-2/h5-6,8H,4,7H2,1-3H3. The third-order valence-corrected chi connectivity index (χ3v) is 2.05. The molecule has 4 heteroatoms. The molecule has 0 radical (unpaired) electrons. The number of benzene rings is 1. The molecule has 0 aliphatic heterocycles. The highest BCUT2D eigenvalue weighted by molar-refractivity contribution is 5.92. The Morgan fingerprint density at radius 3 is 2.62 bits per heavy atom. The molecule has 16 heavy (non-hydrogen) atoms. The van der Waals surface area contributed by atoms with E-state index in [1.54, 1.807) is 18.2 Å². The van der Waals surface area contributed by atoms with Gasteiger partial charge in [0.15, 0.2) is 0 Å². The van der Waals surface area contributed by atoms with E-state index < -0.39 is 5.97 Å². The van der Waals surface area contributed by atoms with Gasteiger partial charge in [-0.3, -0.25) is 0 Å². The third kappa shape index (κ3) is 2.89. The molecular weight excluding hydrogens is 208 g/mol. The summed E-state index contributed by atoms with van der Waals surface area (Å²) in [5.74, 6) is 0.727. The second-order valence-corrected chi connectivity index (χ2v) is 3.20. The van der Waals surface area contributed by atoms with Crippen LogP contribution < -0.4 is 9.47 Å². The van der Waals surface area contributed by atoms with Gasteiger partial charge in [-0.15, -0.1) is 0 Å². The quantitative estimate of drug-likeness (QED) is 0.720. The second-order valence-electron chi connectivity index (χ2n) is 3.20. The van der Waals surface area contributed by atoms with Crippen molar-refractivity contribution in [2.45, 2.75) is 13.3 Å². The highest BCUT2D eigenvalue weighted by Gasteiger charge is 2.13. The van der Waals surface area contributed by atoms with Crippen LogP contribution in [0.2, 0.25) is 0 Å². The molecule has 0 saturated carbocycles. The maximum Gasteiger partial charge on any atom is 0.341 e. The molecule has 0 amide bonds. The molecule has 0 aliphatic rings. The van der Waals surface area contributed by atoms with Crippen LogP contribution in [-0.4, -0.2) is 26.8 Å². The minimum atomic E-state index is -0.418. The summed E-state index contributed by atoms with van der Waals surface area (Å²) in [7, 11) is 2.84. The summed E-state index contributed by atoms with van der Waals surface area (Å²) in [5.41, 5.74) is 0.397. The maximum atomic E-state index is 11.4. The first-order valence-corrected chi connectivity index (χ1v) is 5.12. The molecular formula is C12H16O4. The zero-order valence-corrected chi connectivity index (χ0v) is 9.78. The van der Waals surface area contributed by atoms with Crippen molar-refractivity contribution < 1.29 is 19.0 Å². The summed E-state index contributed by atoms with van der Waals surface area (Å²) in [6.07, 6.45) is 0.932. The van der Waals surface area contributed by atoms with Crippen molar-refractivity contribution >= 4 is 5.97 Å². The van der Waals surface area contributed by atoms with Crippen LogP contribution in [0.4, 0.5) is 0 Å². The lowest BCUT2D eigenvalue weighted by atomic mass is 10.2. The minimum absolute atomic E-state index is 0.397. The number of methoxy groups -OCH3 is 2. The fourth-order valence-electron chi connectivity index (χ4n) is 1.26. The number of esters is 1. The normalized spacial score (nSPS) is 9.69. The van der Waals surface area contributed by atoms with Crippen molar-refractivity contribution in [1.82, 2.24) is 0 Å². The minimum Gasteiger partial charge on any atom is -0.496 e. The number of carbonyl (C=O) groups excluding carboxylic acids is 1. The van der Waals surface area contributed by atoms with Gasteiger partial charge in [0, 0.05) is 6.07 Å². The van der Waals surface area contributed by atoms with Crippen LogP contribution >= 0.6 is 0 Å². The maximum absolute atomic E-state index is 11.4. The van der Waals surface area contributed by atoms with Gasteiger partial charge in [-0.2, -0.15) is 0 Å². The van der Waals surface area contributed by atoms with Crippen molar-refractivity contribution in [2.75, 3.05) is 20.8 Å². The first-order valence-electron chi connectivity index (χ1n) is 5.12. The number of hydrogen-bond acceptors (Lipinski definition) is 4. The number of ether oxygens (including phenoxy) is 3. The fourth-order valence-corrected chi connectivity index (χ4v) is 1.26. The SMILES string of the molecule is CCCOc1ccc(C(=O)OC)c(OC)c1. The third-order valence-electron chi connectivity index (χ3n) is 2.05. The average molecular weight is 224 g/mol. The van der Waals surface area contributed by atoms with Crippen molar-refractivity contribution in [3.63, 3.8) is 0 Å². The zero-order valence-electron chi connectivity index (χ0n) is 9.78. The Bertz CT molecular complexity index is 360. The van der Waals surface area contributed by atoms with Gasteiger partial charge in [0.05, 0.1) is 20.8 Å². The first kappa shape index (κ1) is 12.4. The summed E-state index contributed by atoms with van der Waals surface area (Å²) in [4.78, 5) is 11.4.